The minimum Gasteiger partial charge on any atom is -0.490 e. The van der Waals surface area contributed by atoms with Gasteiger partial charge >= 0.3 is 5.97 Å². The van der Waals surface area contributed by atoms with Gasteiger partial charge in [0.05, 0.1) is 42.2 Å². The molecule has 1 heterocycles. The summed E-state index contributed by atoms with van der Waals surface area (Å²) < 4.78 is 23.1. The fraction of sp³-hybridized carbons (Fsp3) is 0.231. The van der Waals surface area contributed by atoms with E-state index < -0.39 is 5.97 Å². The monoisotopic (exact) mass is 463 g/mol. The van der Waals surface area contributed by atoms with E-state index in [2.05, 4.69) is 36.9 Å². The number of nitrogens with zero attached hydrogens (tertiary/aromatic N) is 1. The third-order valence-corrected chi connectivity index (χ3v) is 5.94. The van der Waals surface area contributed by atoms with E-state index >= 15 is 0 Å². The fourth-order valence-corrected chi connectivity index (χ4v) is 4.27. The molecule has 0 fully saturated rings. The zero-order valence-corrected chi connectivity index (χ0v) is 19.0. The van der Waals surface area contributed by atoms with Crippen molar-refractivity contribution in [3.05, 3.63) is 73.3 Å². The number of carbonyl (C=O) groups excluding carboxylic acids is 1. The highest BCUT2D eigenvalue weighted by molar-refractivity contribution is 7.21. The summed E-state index contributed by atoms with van der Waals surface area (Å²) in [5.41, 5.74) is 1.96. The number of carbonyl (C=O) groups is 1. The predicted octanol–water partition coefficient (Wildman–Crippen LogP) is 5.26. The van der Waals surface area contributed by atoms with Gasteiger partial charge < -0.3 is 18.9 Å². The van der Waals surface area contributed by atoms with E-state index in [4.69, 9.17) is 23.9 Å². The average Bonchev–Trinajstić information content (AvgIpc) is 3.28. The molecular formula is C26H25NO5S. The number of aromatic nitrogens is 1. The Morgan fingerprint density at radius 3 is 2.30 bits per heavy atom. The van der Waals surface area contributed by atoms with E-state index in [1.165, 1.54) is 0 Å². The lowest BCUT2D eigenvalue weighted by molar-refractivity contribution is -0.139. The first kappa shape index (κ1) is 22.9. The lowest BCUT2D eigenvalue weighted by Crippen LogP contribution is -2.13. The van der Waals surface area contributed by atoms with Crippen molar-refractivity contribution in [2.24, 2.45) is 0 Å². The summed E-state index contributed by atoms with van der Waals surface area (Å²) in [5, 5.41) is 3.19. The van der Waals surface area contributed by atoms with Gasteiger partial charge in [-0.15, -0.1) is 11.3 Å². The Hall–Kier alpha value is -3.26. The molecule has 6 nitrogen and oxygen atoms in total. The highest BCUT2D eigenvalue weighted by Crippen LogP contribution is 2.38. The van der Waals surface area contributed by atoms with Crippen molar-refractivity contribution in [1.29, 1.82) is 0 Å². The number of rotatable bonds is 12. The van der Waals surface area contributed by atoms with E-state index in [1.807, 2.05) is 30.3 Å². The molecule has 0 saturated carbocycles. The van der Waals surface area contributed by atoms with Crippen LogP contribution in [0.1, 0.15) is 0 Å². The van der Waals surface area contributed by atoms with Crippen molar-refractivity contribution in [2.75, 3.05) is 39.6 Å². The molecule has 33 heavy (non-hydrogen) atoms. The second-order valence-corrected chi connectivity index (χ2v) is 8.16. The second-order valence-electron chi connectivity index (χ2n) is 7.13. The maximum absolute atomic E-state index is 10.9. The van der Waals surface area contributed by atoms with Crippen molar-refractivity contribution >= 4 is 38.3 Å². The molecule has 7 heteroatoms. The van der Waals surface area contributed by atoms with Crippen molar-refractivity contribution in [3.63, 3.8) is 0 Å². The summed E-state index contributed by atoms with van der Waals surface area (Å²) in [4.78, 5) is 15.7. The number of esters is 1. The summed E-state index contributed by atoms with van der Waals surface area (Å²) >= 11 is 1.66. The molecule has 0 atom stereocenters. The van der Waals surface area contributed by atoms with Gasteiger partial charge in [-0.1, -0.05) is 43.0 Å². The van der Waals surface area contributed by atoms with Gasteiger partial charge in [0.15, 0.2) is 0 Å². The van der Waals surface area contributed by atoms with Gasteiger partial charge in [-0.3, -0.25) is 0 Å². The highest BCUT2D eigenvalue weighted by atomic mass is 32.1. The Morgan fingerprint density at radius 1 is 0.879 bits per heavy atom. The molecule has 0 bridgehead atoms. The Kier molecular flexibility index (Phi) is 8.03. The van der Waals surface area contributed by atoms with Crippen LogP contribution in [0.5, 0.6) is 5.75 Å². The molecule has 3 aromatic carbocycles. The maximum Gasteiger partial charge on any atom is 0.330 e. The molecule has 0 aliphatic heterocycles. The number of ether oxygens (including phenoxy) is 4. The van der Waals surface area contributed by atoms with E-state index in [0.29, 0.717) is 33.0 Å². The summed E-state index contributed by atoms with van der Waals surface area (Å²) in [6.07, 6.45) is 1.13. The van der Waals surface area contributed by atoms with Gasteiger partial charge in [0, 0.05) is 6.08 Å². The lowest BCUT2D eigenvalue weighted by atomic mass is 10.1. The fourth-order valence-electron chi connectivity index (χ4n) is 3.29. The van der Waals surface area contributed by atoms with Crippen LogP contribution in [0.2, 0.25) is 0 Å². The highest BCUT2D eigenvalue weighted by Gasteiger charge is 2.13. The molecule has 0 amide bonds. The standard InChI is InChI=1S/C26H25NO5S/c1-2-25(28)32-16-14-30-12-11-29-13-15-31-23-18-20-8-4-3-7-19(20)17-21(23)26-27-22-9-5-6-10-24(22)33-26/h2-10,17-18H,1,11-16H2. The molecule has 0 saturated heterocycles. The SMILES string of the molecule is C=CC(=O)OCCOCCOCCOc1cc2ccccc2cc1-c1nc2ccccc2s1. The second kappa shape index (κ2) is 11.6. The Bertz CT molecular complexity index is 1200. The Balaban J connectivity index is 1.33. The van der Waals surface area contributed by atoms with Crippen LogP contribution in [0.3, 0.4) is 0 Å². The van der Waals surface area contributed by atoms with Gasteiger partial charge in [-0.25, -0.2) is 9.78 Å². The minimum atomic E-state index is -0.453. The smallest absolute Gasteiger partial charge is 0.330 e. The molecule has 0 radical (unpaired) electrons. The number of benzene rings is 3. The summed E-state index contributed by atoms with van der Waals surface area (Å²) in [5.74, 6) is 0.336. The number of fused-ring (bicyclic) bond motifs is 2. The van der Waals surface area contributed by atoms with Crippen LogP contribution in [-0.4, -0.2) is 50.6 Å². The predicted molar refractivity (Wildman–Crippen MR) is 131 cm³/mol. The largest absolute Gasteiger partial charge is 0.490 e. The molecule has 1 aromatic heterocycles. The molecule has 0 unspecified atom stereocenters. The zero-order valence-electron chi connectivity index (χ0n) is 18.2. The van der Waals surface area contributed by atoms with Crippen molar-refractivity contribution in [2.45, 2.75) is 0 Å². The quantitative estimate of drug-likeness (QED) is 0.162. The Morgan fingerprint density at radius 2 is 1.55 bits per heavy atom. The number of thiazole rings is 1. The third kappa shape index (κ3) is 6.16. The first-order chi connectivity index (χ1) is 16.2. The molecule has 0 aliphatic carbocycles. The summed E-state index contributed by atoms with van der Waals surface area (Å²) in [6, 6.07) is 20.5. The first-order valence-electron chi connectivity index (χ1n) is 10.7. The minimum absolute atomic E-state index is 0.199. The van der Waals surface area contributed by atoms with E-state index in [1.54, 1.807) is 11.3 Å². The lowest BCUT2D eigenvalue weighted by Gasteiger charge is -2.12. The summed E-state index contributed by atoms with van der Waals surface area (Å²) in [6.45, 7) is 5.55. The van der Waals surface area contributed by atoms with Crippen molar-refractivity contribution < 1.29 is 23.7 Å². The first-order valence-corrected chi connectivity index (χ1v) is 11.5. The van der Waals surface area contributed by atoms with Gasteiger partial charge in [-0.2, -0.15) is 0 Å². The van der Waals surface area contributed by atoms with Crippen molar-refractivity contribution in [1.82, 2.24) is 4.98 Å². The molecule has 0 aliphatic rings. The molecule has 0 N–H and O–H groups in total. The van der Waals surface area contributed by atoms with Crippen LogP contribution >= 0.6 is 11.3 Å². The molecule has 4 rings (SSSR count). The van der Waals surface area contributed by atoms with Gasteiger partial charge in [-0.05, 0) is 35.0 Å². The van der Waals surface area contributed by atoms with Crippen LogP contribution in [0, 0.1) is 0 Å². The molecular weight excluding hydrogens is 438 g/mol. The normalized spacial score (nSPS) is 11.0. The van der Waals surface area contributed by atoms with Crippen LogP contribution < -0.4 is 4.74 Å². The van der Waals surface area contributed by atoms with Crippen LogP contribution in [-0.2, 0) is 19.0 Å². The van der Waals surface area contributed by atoms with E-state index in [0.717, 1.165) is 43.4 Å². The van der Waals surface area contributed by atoms with Crippen molar-refractivity contribution in [3.8, 4) is 16.3 Å². The Labute approximate surface area is 196 Å². The third-order valence-electron chi connectivity index (χ3n) is 4.87. The zero-order chi connectivity index (χ0) is 22.9. The number of hydrogen-bond donors (Lipinski definition) is 0. The van der Waals surface area contributed by atoms with E-state index in [9.17, 15) is 4.79 Å². The average molecular weight is 464 g/mol. The van der Waals surface area contributed by atoms with E-state index in [-0.39, 0.29) is 6.61 Å². The van der Waals surface area contributed by atoms with Gasteiger partial charge in [0.25, 0.3) is 0 Å². The topological polar surface area (TPSA) is 66.9 Å². The van der Waals surface area contributed by atoms with Crippen LogP contribution in [0.15, 0.2) is 73.3 Å². The molecule has 0 spiro atoms. The summed E-state index contributed by atoms with van der Waals surface area (Å²) in [7, 11) is 0. The van der Waals surface area contributed by atoms with Crippen LogP contribution in [0.25, 0.3) is 31.6 Å². The number of para-hydroxylation sites is 1. The van der Waals surface area contributed by atoms with Crippen LogP contribution in [0.4, 0.5) is 0 Å². The van der Waals surface area contributed by atoms with Gasteiger partial charge in [0.1, 0.15) is 24.0 Å². The van der Waals surface area contributed by atoms with Gasteiger partial charge in [0.2, 0.25) is 0 Å². The molecule has 4 aromatic rings. The molecule has 170 valence electrons. The maximum atomic E-state index is 10.9. The number of hydrogen-bond acceptors (Lipinski definition) is 7.